The summed E-state index contributed by atoms with van der Waals surface area (Å²) >= 11 is 0. The number of hydrogen-bond donors (Lipinski definition) is 2. The van der Waals surface area contributed by atoms with Gasteiger partial charge in [-0.25, -0.2) is 0 Å². The van der Waals surface area contributed by atoms with E-state index in [1.54, 1.807) is 0 Å². The van der Waals surface area contributed by atoms with Gasteiger partial charge in [-0.1, -0.05) is 26.7 Å². The van der Waals surface area contributed by atoms with Crippen LogP contribution in [0.2, 0.25) is 0 Å². The lowest BCUT2D eigenvalue weighted by Crippen LogP contribution is -2.34. The molecule has 0 radical (unpaired) electrons. The predicted molar refractivity (Wildman–Crippen MR) is 66.5 cm³/mol. The molecule has 0 spiro atoms. The van der Waals surface area contributed by atoms with Crippen LogP contribution < -0.4 is 5.32 Å². The number of aliphatic hydroxyl groups excluding tert-OH is 1. The Balaban J connectivity index is 2.07. The molecule has 2 N–H and O–H groups in total. The van der Waals surface area contributed by atoms with Crippen molar-refractivity contribution in [2.24, 2.45) is 5.92 Å². The van der Waals surface area contributed by atoms with Crippen LogP contribution in [-0.2, 0) is 4.74 Å². The van der Waals surface area contributed by atoms with Gasteiger partial charge in [0.05, 0.1) is 18.8 Å². The zero-order chi connectivity index (χ0) is 11.8. The molecule has 0 aromatic heterocycles. The Morgan fingerprint density at radius 1 is 1.38 bits per heavy atom. The fourth-order valence-electron chi connectivity index (χ4n) is 2.27. The average Bonchev–Trinajstić information content (AvgIpc) is 2.28. The Bertz CT molecular complexity index is 175. The van der Waals surface area contributed by atoms with Crippen LogP contribution in [0.1, 0.15) is 46.0 Å². The summed E-state index contributed by atoms with van der Waals surface area (Å²) in [6.45, 7) is 6.47. The van der Waals surface area contributed by atoms with Gasteiger partial charge >= 0.3 is 0 Å². The molecular weight excluding hydrogens is 202 g/mol. The van der Waals surface area contributed by atoms with E-state index in [-0.39, 0.29) is 6.10 Å². The molecule has 1 rings (SSSR count). The highest BCUT2D eigenvalue weighted by atomic mass is 16.5. The zero-order valence-corrected chi connectivity index (χ0v) is 10.7. The van der Waals surface area contributed by atoms with Crippen LogP contribution in [0.4, 0.5) is 0 Å². The fraction of sp³-hybridized carbons (Fsp3) is 1.00. The van der Waals surface area contributed by atoms with Crippen molar-refractivity contribution in [3.05, 3.63) is 0 Å². The summed E-state index contributed by atoms with van der Waals surface area (Å²) in [7, 11) is 0. The zero-order valence-electron chi connectivity index (χ0n) is 10.7. The Hall–Kier alpha value is -0.120. The lowest BCUT2D eigenvalue weighted by Gasteiger charge is -2.29. The fourth-order valence-corrected chi connectivity index (χ4v) is 2.27. The number of aliphatic hydroxyl groups is 1. The quantitative estimate of drug-likeness (QED) is 0.656. The van der Waals surface area contributed by atoms with Gasteiger partial charge in [0, 0.05) is 6.54 Å². The van der Waals surface area contributed by atoms with Gasteiger partial charge in [0.1, 0.15) is 0 Å². The molecule has 0 heterocycles. The van der Waals surface area contributed by atoms with Crippen molar-refractivity contribution < 1.29 is 9.84 Å². The Kier molecular flexibility index (Phi) is 7.01. The first-order valence-corrected chi connectivity index (χ1v) is 6.74. The molecule has 0 aromatic carbocycles. The second-order valence-electron chi connectivity index (χ2n) is 4.99. The summed E-state index contributed by atoms with van der Waals surface area (Å²) in [5, 5.41) is 12.9. The second kappa shape index (κ2) is 8.04. The minimum Gasteiger partial charge on any atom is -0.389 e. The van der Waals surface area contributed by atoms with E-state index in [2.05, 4.69) is 19.2 Å². The Labute approximate surface area is 99.6 Å². The van der Waals surface area contributed by atoms with Gasteiger partial charge in [-0.2, -0.15) is 0 Å². The van der Waals surface area contributed by atoms with Crippen LogP contribution in [0.15, 0.2) is 0 Å². The van der Waals surface area contributed by atoms with E-state index in [1.165, 1.54) is 19.3 Å². The number of hydrogen-bond acceptors (Lipinski definition) is 3. The van der Waals surface area contributed by atoms with Crippen LogP contribution in [-0.4, -0.2) is 37.0 Å². The smallest absolute Gasteiger partial charge is 0.0897 e. The highest BCUT2D eigenvalue weighted by Crippen LogP contribution is 2.26. The molecule has 3 unspecified atom stereocenters. The van der Waals surface area contributed by atoms with Crippen molar-refractivity contribution in [1.82, 2.24) is 5.32 Å². The minimum absolute atomic E-state index is 0.360. The molecule has 0 bridgehead atoms. The SMILES string of the molecule is CCCNCC(O)COC1CCCCC1C. The third-order valence-corrected chi connectivity index (χ3v) is 3.34. The predicted octanol–water partition coefficient (Wildman–Crippen LogP) is 1.94. The topological polar surface area (TPSA) is 41.5 Å². The van der Waals surface area contributed by atoms with Gasteiger partial charge in [-0.15, -0.1) is 0 Å². The van der Waals surface area contributed by atoms with E-state index in [0.717, 1.165) is 19.4 Å². The van der Waals surface area contributed by atoms with Gasteiger partial charge in [0.25, 0.3) is 0 Å². The molecule has 3 heteroatoms. The largest absolute Gasteiger partial charge is 0.389 e. The average molecular weight is 229 g/mol. The maximum Gasteiger partial charge on any atom is 0.0897 e. The summed E-state index contributed by atoms with van der Waals surface area (Å²) in [5.41, 5.74) is 0. The highest BCUT2D eigenvalue weighted by Gasteiger charge is 2.22. The van der Waals surface area contributed by atoms with Crippen molar-refractivity contribution in [3.8, 4) is 0 Å². The first-order chi connectivity index (χ1) is 7.74. The van der Waals surface area contributed by atoms with Gasteiger partial charge in [0.15, 0.2) is 0 Å². The van der Waals surface area contributed by atoms with Crippen LogP contribution in [0.5, 0.6) is 0 Å². The first-order valence-electron chi connectivity index (χ1n) is 6.74. The van der Waals surface area contributed by atoms with Crippen LogP contribution in [0.25, 0.3) is 0 Å². The number of nitrogens with one attached hydrogen (secondary N) is 1. The van der Waals surface area contributed by atoms with E-state index >= 15 is 0 Å². The Morgan fingerprint density at radius 2 is 2.12 bits per heavy atom. The second-order valence-corrected chi connectivity index (χ2v) is 4.99. The Morgan fingerprint density at radius 3 is 2.81 bits per heavy atom. The van der Waals surface area contributed by atoms with Crippen molar-refractivity contribution in [2.75, 3.05) is 19.7 Å². The maximum atomic E-state index is 9.71. The van der Waals surface area contributed by atoms with E-state index in [1.807, 2.05) is 0 Å². The summed E-state index contributed by atoms with van der Waals surface area (Å²) in [6, 6.07) is 0. The molecule has 3 atom stereocenters. The number of ether oxygens (including phenoxy) is 1. The third-order valence-electron chi connectivity index (χ3n) is 3.34. The number of rotatable bonds is 7. The summed E-state index contributed by atoms with van der Waals surface area (Å²) in [5.74, 6) is 0.657. The van der Waals surface area contributed by atoms with E-state index < -0.39 is 0 Å². The van der Waals surface area contributed by atoms with Gasteiger partial charge < -0.3 is 15.2 Å². The molecule has 1 saturated carbocycles. The monoisotopic (exact) mass is 229 g/mol. The van der Waals surface area contributed by atoms with E-state index in [0.29, 0.717) is 25.2 Å². The lowest BCUT2D eigenvalue weighted by molar-refractivity contribution is -0.0450. The highest BCUT2D eigenvalue weighted by molar-refractivity contribution is 4.73. The molecular formula is C13H27NO2. The summed E-state index contributed by atoms with van der Waals surface area (Å²) in [6.07, 6.45) is 6.16. The molecule has 16 heavy (non-hydrogen) atoms. The van der Waals surface area contributed by atoms with Crippen molar-refractivity contribution >= 4 is 0 Å². The molecule has 1 fully saturated rings. The van der Waals surface area contributed by atoms with Crippen molar-refractivity contribution in [2.45, 2.75) is 58.2 Å². The summed E-state index contributed by atoms with van der Waals surface area (Å²) < 4.78 is 5.80. The minimum atomic E-state index is -0.360. The van der Waals surface area contributed by atoms with Gasteiger partial charge in [-0.05, 0) is 31.7 Å². The van der Waals surface area contributed by atoms with Crippen LogP contribution in [0.3, 0.4) is 0 Å². The normalized spacial score (nSPS) is 27.9. The molecule has 0 saturated heterocycles. The van der Waals surface area contributed by atoms with Gasteiger partial charge in [-0.3, -0.25) is 0 Å². The van der Waals surface area contributed by atoms with Crippen LogP contribution >= 0.6 is 0 Å². The molecule has 0 aliphatic heterocycles. The molecule has 96 valence electrons. The van der Waals surface area contributed by atoms with Crippen molar-refractivity contribution in [3.63, 3.8) is 0 Å². The first kappa shape index (κ1) is 13.9. The molecule has 1 aliphatic rings. The lowest BCUT2D eigenvalue weighted by atomic mass is 9.88. The third kappa shape index (κ3) is 5.28. The molecule has 0 aromatic rings. The summed E-state index contributed by atoms with van der Waals surface area (Å²) in [4.78, 5) is 0. The molecule has 0 amide bonds. The standard InChI is InChI=1S/C13H27NO2/c1-3-8-14-9-12(15)10-16-13-7-5-4-6-11(13)2/h11-15H,3-10H2,1-2H3. The van der Waals surface area contributed by atoms with E-state index in [4.69, 9.17) is 4.74 Å². The van der Waals surface area contributed by atoms with Gasteiger partial charge in [0.2, 0.25) is 0 Å². The molecule has 3 nitrogen and oxygen atoms in total. The maximum absolute atomic E-state index is 9.71. The molecule has 1 aliphatic carbocycles. The van der Waals surface area contributed by atoms with Crippen molar-refractivity contribution in [1.29, 1.82) is 0 Å². The van der Waals surface area contributed by atoms with E-state index in [9.17, 15) is 5.11 Å². The van der Waals surface area contributed by atoms with Crippen LogP contribution in [0, 0.1) is 5.92 Å².